The maximum atomic E-state index is 10.9. The minimum Gasteiger partial charge on any atom is -0.345 e. The predicted octanol–water partition coefficient (Wildman–Crippen LogP) is 2.51. The van der Waals surface area contributed by atoms with Gasteiger partial charge in [-0.2, -0.15) is 0 Å². The zero-order valence-electron chi connectivity index (χ0n) is 10.6. The first-order chi connectivity index (χ1) is 9.30. The molecule has 0 amide bonds. The van der Waals surface area contributed by atoms with Crippen molar-refractivity contribution >= 4 is 35.8 Å². The number of carbonyl (C=O) groups is 1. The molecule has 19 heavy (non-hydrogen) atoms. The summed E-state index contributed by atoms with van der Waals surface area (Å²) in [5, 5.41) is 0.785. The highest BCUT2D eigenvalue weighted by Gasteiger charge is 2.07. The van der Waals surface area contributed by atoms with Crippen molar-refractivity contribution in [3.8, 4) is 0 Å². The number of nitrogens with one attached hydrogen (secondary N) is 1. The summed E-state index contributed by atoms with van der Waals surface area (Å²) < 4.78 is 0. The molecular formula is C14H14N4O. The Bertz CT molecular complexity index is 667. The van der Waals surface area contributed by atoms with Crippen molar-refractivity contribution in [3.05, 3.63) is 35.8 Å². The van der Waals surface area contributed by atoms with Gasteiger partial charge < -0.3 is 4.98 Å². The maximum absolute atomic E-state index is 10.9. The van der Waals surface area contributed by atoms with Crippen molar-refractivity contribution in [2.75, 3.05) is 6.54 Å². The van der Waals surface area contributed by atoms with Crippen molar-refractivity contribution in [1.29, 1.82) is 0 Å². The SMILES string of the molecule is C=N/C=C(\C=NCC)c1cnc2[nH]cc(C=O)c2c1. The lowest BCUT2D eigenvalue weighted by Gasteiger charge is -2.01. The molecule has 2 aromatic heterocycles. The maximum Gasteiger partial charge on any atom is 0.152 e. The molecule has 5 heteroatoms. The van der Waals surface area contributed by atoms with E-state index >= 15 is 0 Å². The number of nitrogens with zero attached hydrogens (tertiary/aromatic N) is 3. The summed E-state index contributed by atoms with van der Waals surface area (Å²) in [5.41, 5.74) is 2.93. The van der Waals surface area contributed by atoms with E-state index in [-0.39, 0.29) is 0 Å². The van der Waals surface area contributed by atoms with Crippen LogP contribution < -0.4 is 0 Å². The first-order valence-electron chi connectivity index (χ1n) is 5.88. The first kappa shape index (κ1) is 12.9. The average molecular weight is 254 g/mol. The highest BCUT2D eigenvalue weighted by Crippen LogP contribution is 2.20. The third-order valence-corrected chi connectivity index (χ3v) is 2.67. The number of aldehydes is 1. The summed E-state index contributed by atoms with van der Waals surface area (Å²) in [7, 11) is 0. The number of carbonyl (C=O) groups excluding carboxylic acids is 1. The van der Waals surface area contributed by atoms with E-state index in [0.29, 0.717) is 17.8 Å². The predicted molar refractivity (Wildman–Crippen MR) is 78.0 cm³/mol. The summed E-state index contributed by atoms with van der Waals surface area (Å²) in [6, 6.07) is 1.89. The minimum absolute atomic E-state index is 0.586. The Balaban J connectivity index is 2.53. The van der Waals surface area contributed by atoms with Crippen LogP contribution in [0.25, 0.3) is 16.6 Å². The molecule has 0 saturated carbocycles. The zero-order valence-corrected chi connectivity index (χ0v) is 10.6. The highest BCUT2D eigenvalue weighted by atomic mass is 16.1. The number of allylic oxidation sites excluding steroid dienone is 1. The van der Waals surface area contributed by atoms with Gasteiger partial charge in [-0.1, -0.05) is 0 Å². The van der Waals surface area contributed by atoms with Gasteiger partial charge in [0.2, 0.25) is 0 Å². The van der Waals surface area contributed by atoms with E-state index in [1.54, 1.807) is 24.8 Å². The number of H-pyrrole nitrogens is 1. The van der Waals surface area contributed by atoms with Gasteiger partial charge in [-0.05, 0) is 19.7 Å². The van der Waals surface area contributed by atoms with E-state index < -0.39 is 0 Å². The van der Waals surface area contributed by atoms with E-state index in [1.165, 1.54) is 0 Å². The van der Waals surface area contributed by atoms with Gasteiger partial charge in [0, 0.05) is 53.4 Å². The van der Waals surface area contributed by atoms with Crippen LogP contribution in [0.2, 0.25) is 0 Å². The van der Waals surface area contributed by atoms with E-state index in [4.69, 9.17) is 0 Å². The van der Waals surface area contributed by atoms with Crippen LogP contribution in [-0.2, 0) is 0 Å². The second kappa shape index (κ2) is 5.86. The summed E-state index contributed by atoms with van der Waals surface area (Å²) in [4.78, 5) is 26.1. The molecule has 96 valence electrons. The van der Waals surface area contributed by atoms with Crippen molar-refractivity contribution in [3.63, 3.8) is 0 Å². The quantitative estimate of drug-likeness (QED) is 0.657. The van der Waals surface area contributed by atoms with Crippen molar-refractivity contribution in [2.45, 2.75) is 6.92 Å². The second-order valence-electron chi connectivity index (χ2n) is 3.88. The van der Waals surface area contributed by atoms with Gasteiger partial charge in [-0.15, -0.1) is 0 Å². The molecule has 0 fully saturated rings. The minimum atomic E-state index is 0.586. The lowest BCUT2D eigenvalue weighted by atomic mass is 10.1. The highest BCUT2D eigenvalue weighted by molar-refractivity contribution is 6.11. The molecule has 0 atom stereocenters. The summed E-state index contributed by atoms with van der Waals surface area (Å²) >= 11 is 0. The summed E-state index contributed by atoms with van der Waals surface area (Å²) in [6.07, 6.45) is 7.51. The molecule has 5 nitrogen and oxygen atoms in total. The molecule has 0 radical (unpaired) electrons. The Morgan fingerprint density at radius 1 is 1.58 bits per heavy atom. The number of aromatic nitrogens is 2. The van der Waals surface area contributed by atoms with Crippen LogP contribution in [0.3, 0.4) is 0 Å². The molecule has 0 aromatic carbocycles. The molecule has 0 saturated heterocycles. The number of hydrogen-bond acceptors (Lipinski definition) is 4. The van der Waals surface area contributed by atoms with Crippen LogP contribution in [0, 0.1) is 0 Å². The normalized spacial score (nSPS) is 12.2. The molecule has 0 unspecified atom stereocenters. The van der Waals surface area contributed by atoms with Gasteiger partial charge in [0.05, 0.1) is 0 Å². The summed E-state index contributed by atoms with van der Waals surface area (Å²) in [6.45, 7) is 6.09. The average Bonchev–Trinajstić information content (AvgIpc) is 2.85. The molecule has 0 bridgehead atoms. The lowest BCUT2D eigenvalue weighted by Crippen LogP contribution is -1.90. The Kier molecular flexibility index (Phi) is 3.97. The molecule has 2 aromatic rings. The van der Waals surface area contributed by atoms with Crippen LogP contribution in [0.4, 0.5) is 0 Å². The Morgan fingerprint density at radius 3 is 3.11 bits per heavy atom. The van der Waals surface area contributed by atoms with Crippen LogP contribution in [-0.4, -0.2) is 35.7 Å². The Hall–Kier alpha value is -2.56. The number of aliphatic imine (C=N–C) groups is 2. The fourth-order valence-electron chi connectivity index (χ4n) is 1.75. The first-order valence-corrected chi connectivity index (χ1v) is 5.88. The third kappa shape index (κ3) is 2.65. The van der Waals surface area contributed by atoms with Gasteiger partial charge in [0.15, 0.2) is 6.29 Å². The Labute approximate surface area is 110 Å². The molecule has 1 N–H and O–H groups in total. The van der Waals surface area contributed by atoms with Crippen LogP contribution in [0.5, 0.6) is 0 Å². The topological polar surface area (TPSA) is 70.5 Å². The third-order valence-electron chi connectivity index (χ3n) is 2.67. The number of aromatic amines is 1. The lowest BCUT2D eigenvalue weighted by molar-refractivity contribution is 0.112. The Morgan fingerprint density at radius 2 is 2.42 bits per heavy atom. The summed E-state index contributed by atoms with van der Waals surface area (Å²) in [5.74, 6) is 0. The van der Waals surface area contributed by atoms with Crippen LogP contribution in [0.15, 0.2) is 34.6 Å². The van der Waals surface area contributed by atoms with E-state index in [0.717, 1.165) is 22.8 Å². The second-order valence-corrected chi connectivity index (χ2v) is 3.88. The van der Waals surface area contributed by atoms with Crippen LogP contribution in [0.1, 0.15) is 22.8 Å². The van der Waals surface area contributed by atoms with E-state index in [9.17, 15) is 4.79 Å². The van der Waals surface area contributed by atoms with Crippen molar-refractivity contribution in [1.82, 2.24) is 9.97 Å². The molecule has 0 aliphatic heterocycles. The van der Waals surface area contributed by atoms with Crippen LogP contribution >= 0.6 is 0 Å². The monoisotopic (exact) mass is 254 g/mol. The smallest absolute Gasteiger partial charge is 0.152 e. The fraction of sp³-hybridized carbons (Fsp3) is 0.143. The molecular weight excluding hydrogens is 240 g/mol. The number of fused-ring (bicyclic) bond motifs is 1. The fourth-order valence-corrected chi connectivity index (χ4v) is 1.75. The van der Waals surface area contributed by atoms with Gasteiger partial charge in [0.25, 0.3) is 0 Å². The molecule has 2 heterocycles. The van der Waals surface area contributed by atoms with Crippen molar-refractivity contribution < 1.29 is 4.79 Å². The molecule has 0 spiro atoms. The zero-order chi connectivity index (χ0) is 13.7. The number of hydrogen-bond donors (Lipinski definition) is 1. The van der Waals surface area contributed by atoms with Crippen molar-refractivity contribution in [2.24, 2.45) is 9.98 Å². The number of pyridine rings is 1. The largest absolute Gasteiger partial charge is 0.345 e. The van der Waals surface area contributed by atoms with E-state index in [2.05, 4.69) is 26.7 Å². The van der Waals surface area contributed by atoms with Gasteiger partial charge in [-0.3, -0.25) is 14.8 Å². The van der Waals surface area contributed by atoms with E-state index in [1.807, 2.05) is 13.0 Å². The number of rotatable bonds is 5. The molecule has 0 aliphatic carbocycles. The molecule has 0 aliphatic rings. The van der Waals surface area contributed by atoms with Gasteiger partial charge in [-0.25, -0.2) is 4.98 Å². The van der Waals surface area contributed by atoms with Gasteiger partial charge >= 0.3 is 0 Å². The molecule has 2 rings (SSSR count). The standard InChI is InChI=1S/C14H14N4O/c1-3-16-6-11(5-15-2)10-4-13-12(9-19)8-18-14(13)17-7-10/h4-9H,2-3H2,1H3,(H,17,18)/b11-5+,16-6?. The van der Waals surface area contributed by atoms with Gasteiger partial charge in [0.1, 0.15) is 5.65 Å².